The maximum atomic E-state index is 5.75. The van der Waals surface area contributed by atoms with Crippen molar-refractivity contribution in [1.82, 2.24) is 9.55 Å². The summed E-state index contributed by atoms with van der Waals surface area (Å²) in [6.45, 7) is 6.86. The molecule has 0 amide bonds. The molecule has 18 heavy (non-hydrogen) atoms. The third-order valence-electron chi connectivity index (χ3n) is 2.76. The predicted octanol–water partition coefficient (Wildman–Crippen LogP) is 4.11. The summed E-state index contributed by atoms with van der Waals surface area (Å²) in [5, 5.41) is 0. The van der Waals surface area contributed by atoms with Crippen LogP contribution in [0.4, 0.5) is 0 Å². The van der Waals surface area contributed by atoms with Crippen LogP contribution in [0.1, 0.15) is 31.4 Å². The van der Waals surface area contributed by atoms with E-state index in [0.29, 0.717) is 12.6 Å². The minimum absolute atomic E-state index is 0.399. The molecule has 0 aliphatic heterocycles. The quantitative estimate of drug-likeness (QED) is 0.849. The van der Waals surface area contributed by atoms with Crippen LogP contribution in [0.2, 0.25) is 0 Å². The van der Waals surface area contributed by atoms with Gasteiger partial charge >= 0.3 is 0 Å². The summed E-state index contributed by atoms with van der Waals surface area (Å²) in [6, 6.07) is 8.22. The first-order valence-corrected chi connectivity index (χ1v) is 6.78. The highest BCUT2D eigenvalue weighted by Gasteiger charge is 2.10. The van der Waals surface area contributed by atoms with Crippen molar-refractivity contribution in [2.24, 2.45) is 0 Å². The Morgan fingerprint density at radius 3 is 2.56 bits per heavy atom. The Bertz CT molecular complexity index is 517. The van der Waals surface area contributed by atoms with E-state index in [-0.39, 0.29) is 0 Å². The van der Waals surface area contributed by atoms with Crippen LogP contribution in [-0.2, 0) is 6.61 Å². The van der Waals surface area contributed by atoms with E-state index in [1.165, 1.54) is 5.69 Å². The van der Waals surface area contributed by atoms with Gasteiger partial charge in [0.25, 0.3) is 0 Å². The minimum Gasteiger partial charge on any atom is -0.486 e. The van der Waals surface area contributed by atoms with Crippen molar-refractivity contribution in [2.45, 2.75) is 33.4 Å². The van der Waals surface area contributed by atoms with Crippen LogP contribution in [0.3, 0.4) is 0 Å². The second kappa shape index (κ2) is 5.57. The fraction of sp³-hybridized carbons (Fsp3) is 0.357. The molecule has 0 aliphatic carbocycles. The number of aryl methyl sites for hydroxylation is 1. The van der Waals surface area contributed by atoms with Crippen LogP contribution < -0.4 is 4.74 Å². The molecule has 0 radical (unpaired) electrons. The summed E-state index contributed by atoms with van der Waals surface area (Å²) in [6.07, 6.45) is 1.89. The normalized spacial score (nSPS) is 10.9. The molecule has 0 bridgehead atoms. The standard InChI is InChI=1S/C14H17BrN2O/c1-10(2)17-11(3)8-16-14(17)9-18-13-6-4-12(15)5-7-13/h4-8,10H,9H2,1-3H3. The van der Waals surface area contributed by atoms with Gasteiger partial charge < -0.3 is 9.30 Å². The summed E-state index contributed by atoms with van der Waals surface area (Å²) >= 11 is 3.40. The Morgan fingerprint density at radius 1 is 1.28 bits per heavy atom. The summed E-state index contributed by atoms with van der Waals surface area (Å²) in [7, 11) is 0. The van der Waals surface area contributed by atoms with E-state index in [2.05, 4.69) is 46.3 Å². The van der Waals surface area contributed by atoms with Crippen LogP contribution in [0.15, 0.2) is 34.9 Å². The molecule has 1 aromatic carbocycles. The van der Waals surface area contributed by atoms with Crippen LogP contribution >= 0.6 is 15.9 Å². The van der Waals surface area contributed by atoms with Gasteiger partial charge in [-0.25, -0.2) is 4.98 Å². The van der Waals surface area contributed by atoms with E-state index in [9.17, 15) is 0 Å². The lowest BCUT2D eigenvalue weighted by molar-refractivity contribution is 0.286. The van der Waals surface area contributed by atoms with E-state index in [0.717, 1.165) is 16.0 Å². The molecule has 0 aliphatic rings. The smallest absolute Gasteiger partial charge is 0.147 e. The Kier molecular flexibility index (Phi) is 4.07. The summed E-state index contributed by atoms with van der Waals surface area (Å²) in [5.74, 6) is 1.82. The van der Waals surface area contributed by atoms with Gasteiger partial charge in [0.2, 0.25) is 0 Å². The van der Waals surface area contributed by atoms with E-state index in [4.69, 9.17) is 4.74 Å². The average Bonchev–Trinajstić information content (AvgIpc) is 2.70. The number of hydrogen-bond donors (Lipinski definition) is 0. The van der Waals surface area contributed by atoms with E-state index in [1.807, 2.05) is 30.5 Å². The monoisotopic (exact) mass is 308 g/mol. The van der Waals surface area contributed by atoms with Gasteiger partial charge in [-0.1, -0.05) is 15.9 Å². The number of rotatable bonds is 4. The largest absolute Gasteiger partial charge is 0.486 e. The van der Waals surface area contributed by atoms with Gasteiger partial charge in [-0.3, -0.25) is 0 Å². The predicted molar refractivity (Wildman–Crippen MR) is 75.8 cm³/mol. The molecule has 0 saturated heterocycles. The van der Waals surface area contributed by atoms with Crippen molar-refractivity contribution in [3.8, 4) is 5.75 Å². The van der Waals surface area contributed by atoms with Crippen LogP contribution in [0.5, 0.6) is 5.75 Å². The molecule has 1 heterocycles. The van der Waals surface area contributed by atoms with Gasteiger partial charge in [0.1, 0.15) is 18.2 Å². The molecular formula is C14H17BrN2O. The lowest BCUT2D eigenvalue weighted by Gasteiger charge is -2.14. The van der Waals surface area contributed by atoms with Crippen LogP contribution in [0.25, 0.3) is 0 Å². The Morgan fingerprint density at radius 2 is 1.94 bits per heavy atom. The Hall–Kier alpha value is -1.29. The lowest BCUT2D eigenvalue weighted by atomic mass is 10.3. The molecular weight excluding hydrogens is 292 g/mol. The van der Waals surface area contributed by atoms with E-state index in [1.54, 1.807) is 0 Å². The van der Waals surface area contributed by atoms with Gasteiger partial charge in [0.05, 0.1) is 0 Å². The zero-order valence-corrected chi connectivity index (χ0v) is 12.4. The summed E-state index contributed by atoms with van der Waals surface area (Å²) < 4.78 is 8.99. The van der Waals surface area contributed by atoms with Gasteiger partial charge in [-0.05, 0) is 45.0 Å². The topological polar surface area (TPSA) is 27.1 Å². The highest BCUT2D eigenvalue weighted by atomic mass is 79.9. The maximum absolute atomic E-state index is 5.75. The molecule has 3 nitrogen and oxygen atoms in total. The molecule has 0 spiro atoms. The van der Waals surface area contributed by atoms with Crippen molar-refractivity contribution in [3.63, 3.8) is 0 Å². The summed E-state index contributed by atoms with van der Waals surface area (Å²) in [5.41, 5.74) is 1.17. The molecule has 4 heteroatoms. The van der Waals surface area contributed by atoms with Crippen molar-refractivity contribution in [2.75, 3.05) is 0 Å². The highest BCUT2D eigenvalue weighted by molar-refractivity contribution is 9.10. The molecule has 2 rings (SSSR count). The maximum Gasteiger partial charge on any atom is 0.147 e. The third kappa shape index (κ3) is 2.93. The Labute approximate surface area is 116 Å². The Balaban J connectivity index is 2.08. The second-order valence-corrected chi connectivity index (χ2v) is 5.44. The number of hydrogen-bond acceptors (Lipinski definition) is 2. The van der Waals surface area contributed by atoms with E-state index >= 15 is 0 Å². The molecule has 2 aromatic rings. The zero-order chi connectivity index (χ0) is 13.1. The van der Waals surface area contributed by atoms with Gasteiger partial charge in [0, 0.05) is 22.4 Å². The van der Waals surface area contributed by atoms with Crippen molar-refractivity contribution in [1.29, 1.82) is 0 Å². The average molecular weight is 309 g/mol. The molecule has 0 saturated carbocycles. The number of aromatic nitrogens is 2. The van der Waals surface area contributed by atoms with Crippen molar-refractivity contribution in [3.05, 3.63) is 46.5 Å². The zero-order valence-electron chi connectivity index (χ0n) is 10.9. The van der Waals surface area contributed by atoms with Gasteiger partial charge in [-0.2, -0.15) is 0 Å². The number of nitrogens with zero attached hydrogens (tertiary/aromatic N) is 2. The number of benzene rings is 1. The fourth-order valence-corrected chi connectivity index (χ4v) is 2.25. The van der Waals surface area contributed by atoms with E-state index < -0.39 is 0 Å². The van der Waals surface area contributed by atoms with Gasteiger partial charge in [0.15, 0.2) is 0 Å². The lowest BCUT2D eigenvalue weighted by Crippen LogP contribution is -2.10. The number of ether oxygens (including phenoxy) is 1. The SMILES string of the molecule is Cc1cnc(COc2ccc(Br)cc2)n1C(C)C. The third-order valence-corrected chi connectivity index (χ3v) is 3.29. The molecule has 0 atom stereocenters. The number of imidazole rings is 1. The van der Waals surface area contributed by atoms with Crippen molar-refractivity contribution >= 4 is 15.9 Å². The molecule has 1 aromatic heterocycles. The molecule has 0 unspecified atom stereocenters. The molecule has 0 fully saturated rings. The minimum atomic E-state index is 0.399. The first-order chi connectivity index (χ1) is 8.58. The highest BCUT2D eigenvalue weighted by Crippen LogP contribution is 2.18. The first kappa shape index (κ1) is 13.1. The van der Waals surface area contributed by atoms with Gasteiger partial charge in [-0.15, -0.1) is 0 Å². The number of halogens is 1. The van der Waals surface area contributed by atoms with Crippen molar-refractivity contribution < 1.29 is 4.74 Å². The van der Waals surface area contributed by atoms with Crippen LogP contribution in [-0.4, -0.2) is 9.55 Å². The van der Waals surface area contributed by atoms with Crippen LogP contribution in [0, 0.1) is 6.92 Å². The first-order valence-electron chi connectivity index (χ1n) is 5.99. The second-order valence-electron chi connectivity index (χ2n) is 4.52. The summed E-state index contributed by atoms with van der Waals surface area (Å²) in [4.78, 5) is 4.40. The fourth-order valence-electron chi connectivity index (χ4n) is 1.99. The molecule has 96 valence electrons. The molecule has 0 N–H and O–H groups in total.